The number of amidine groups is 2. The third kappa shape index (κ3) is 4.84. The number of rotatable bonds is 5. The maximum Gasteiger partial charge on any atom is 0.159 e. The van der Waals surface area contributed by atoms with Gasteiger partial charge in [0.2, 0.25) is 0 Å². The number of para-hydroxylation sites is 2. The number of aliphatic imine (C=N–C) groups is 3. The first kappa shape index (κ1) is 31.3. The summed E-state index contributed by atoms with van der Waals surface area (Å²) in [4.78, 5) is 14.6. The molecule has 264 valence electrons. The Morgan fingerprint density at radius 2 is 1.41 bits per heavy atom. The van der Waals surface area contributed by atoms with Crippen LogP contribution in [-0.2, 0) is 0 Å². The minimum atomic E-state index is -0.283. The molecule has 2 aliphatic heterocycles. The normalized spacial score (nSPS) is 16.8. The van der Waals surface area contributed by atoms with Gasteiger partial charge in [-0.3, -0.25) is 4.99 Å². The number of furan rings is 1. The molecule has 0 radical (unpaired) electrons. The van der Waals surface area contributed by atoms with Gasteiger partial charge in [-0.2, -0.15) is 0 Å². The highest BCUT2D eigenvalue weighted by Gasteiger charge is 2.25. The number of thiophene rings is 1. The molecule has 0 bridgehead atoms. The van der Waals surface area contributed by atoms with Crippen molar-refractivity contribution in [3.05, 3.63) is 175 Å². The van der Waals surface area contributed by atoms with Crippen molar-refractivity contribution in [2.24, 2.45) is 15.0 Å². The summed E-state index contributed by atoms with van der Waals surface area (Å²) in [6, 6.07) is 53.8. The van der Waals surface area contributed by atoms with E-state index in [9.17, 15) is 0 Å². The van der Waals surface area contributed by atoms with Crippen LogP contribution in [0.3, 0.4) is 0 Å². The minimum absolute atomic E-state index is 0.142. The number of hydrogen-bond donors (Lipinski definition) is 1. The summed E-state index contributed by atoms with van der Waals surface area (Å²) < 4.78 is 11.4. The molecule has 0 fully saturated rings. The highest BCUT2D eigenvalue weighted by Crippen LogP contribution is 2.42. The number of nitrogens with one attached hydrogen (secondary N) is 1. The van der Waals surface area contributed by atoms with Crippen LogP contribution in [0.4, 0.5) is 0 Å². The second-order valence-electron chi connectivity index (χ2n) is 14.4. The van der Waals surface area contributed by atoms with Crippen molar-refractivity contribution >= 4 is 93.1 Å². The molecule has 2 atom stereocenters. The summed E-state index contributed by atoms with van der Waals surface area (Å²) in [5.41, 5.74) is 9.61. The molecule has 5 heterocycles. The molecule has 0 saturated heterocycles. The molecule has 6 nitrogen and oxygen atoms in total. The van der Waals surface area contributed by atoms with Gasteiger partial charge < -0.3 is 14.3 Å². The van der Waals surface area contributed by atoms with Crippen LogP contribution in [-0.4, -0.2) is 28.5 Å². The molecule has 0 spiro atoms. The highest BCUT2D eigenvalue weighted by atomic mass is 32.1. The number of allylic oxidation sites excluding steroid dienone is 1. The van der Waals surface area contributed by atoms with Crippen molar-refractivity contribution in [3.8, 4) is 16.8 Å². The van der Waals surface area contributed by atoms with Gasteiger partial charge in [0.1, 0.15) is 29.2 Å². The SMILES string of the molecule is C1=CC(C2=NC(c3ccccc3)=NC(c3ccc4c(c3)sc3ccc(-c5cccc6oc7cc(-n8c9ccccc9c9ccccc98)ccc7c56)cc34)N2)N=C1. The Balaban J connectivity index is 0.937. The van der Waals surface area contributed by atoms with Crippen molar-refractivity contribution in [1.29, 1.82) is 0 Å². The predicted octanol–water partition coefficient (Wildman–Crippen LogP) is 12.2. The Hall–Kier alpha value is -7.09. The number of benzene rings is 7. The smallest absolute Gasteiger partial charge is 0.159 e. The van der Waals surface area contributed by atoms with Crippen molar-refractivity contribution < 1.29 is 4.42 Å². The Morgan fingerprint density at radius 1 is 0.607 bits per heavy atom. The van der Waals surface area contributed by atoms with Gasteiger partial charge in [0.25, 0.3) is 0 Å². The third-order valence-corrected chi connectivity index (χ3v) is 12.3. The Labute approximate surface area is 325 Å². The lowest BCUT2D eigenvalue weighted by Gasteiger charge is -2.25. The van der Waals surface area contributed by atoms with E-state index in [4.69, 9.17) is 14.4 Å². The van der Waals surface area contributed by atoms with E-state index in [0.29, 0.717) is 5.84 Å². The van der Waals surface area contributed by atoms with Gasteiger partial charge in [-0.05, 0) is 71.3 Å². The van der Waals surface area contributed by atoms with Crippen molar-refractivity contribution in [1.82, 2.24) is 9.88 Å². The van der Waals surface area contributed by atoms with E-state index in [1.54, 1.807) is 0 Å². The molecule has 7 heteroatoms. The highest BCUT2D eigenvalue weighted by molar-refractivity contribution is 7.25. The van der Waals surface area contributed by atoms with E-state index >= 15 is 0 Å². The van der Waals surface area contributed by atoms with Crippen LogP contribution < -0.4 is 5.32 Å². The Bertz CT molecular complexity index is 3300. The van der Waals surface area contributed by atoms with Crippen LogP contribution in [0.25, 0.3) is 80.7 Å². The van der Waals surface area contributed by atoms with Gasteiger partial charge in [0, 0.05) is 65.2 Å². The second kappa shape index (κ2) is 12.2. The number of aromatic nitrogens is 1. The lowest BCUT2D eigenvalue weighted by atomic mass is 9.97. The first-order chi connectivity index (χ1) is 27.7. The van der Waals surface area contributed by atoms with E-state index < -0.39 is 0 Å². The summed E-state index contributed by atoms with van der Waals surface area (Å²) >= 11 is 1.81. The number of fused-ring (bicyclic) bond motifs is 9. The molecule has 56 heavy (non-hydrogen) atoms. The monoisotopic (exact) mass is 737 g/mol. The fourth-order valence-corrected chi connectivity index (χ4v) is 9.68. The van der Waals surface area contributed by atoms with Crippen LogP contribution in [0, 0.1) is 0 Å². The predicted molar refractivity (Wildman–Crippen MR) is 234 cm³/mol. The van der Waals surface area contributed by atoms with Crippen molar-refractivity contribution in [2.75, 3.05) is 0 Å². The maximum atomic E-state index is 6.62. The molecule has 10 aromatic rings. The molecule has 2 aliphatic rings. The molecular formula is C49H31N5OS. The zero-order valence-corrected chi connectivity index (χ0v) is 30.7. The van der Waals surface area contributed by atoms with Crippen LogP contribution in [0.15, 0.2) is 183 Å². The summed E-state index contributed by atoms with van der Waals surface area (Å²) in [6.45, 7) is 0. The van der Waals surface area contributed by atoms with Crippen LogP contribution >= 0.6 is 11.3 Å². The zero-order valence-electron chi connectivity index (χ0n) is 29.9. The van der Waals surface area contributed by atoms with E-state index in [1.165, 1.54) is 42.0 Å². The molecule has 7 aromatic carbocycles. The standard InChI is InChI=1S/C49H31N5OS/c1-2-10-29(11-3-1)47-51-48(53-49(52-47)39-15-9-25-50-39)31-19-22-36-38-26-30(20-24-44(38)56-45(36)27-31)33-14-8-18-42-46(33)37-23-21-32(28-43(37)55-42)54-40-16-6-4-12-34(40)35-13-5-7-17-41(35)54/h1-28,39,48H,(H,51,52,53). The summed E-state index contributed by atoms with van der Waals surface area (Å²) in [7, 11) is 0. The maximum absolute atomic E-state index is 6.62. The fourth-order valence-electron chi connectivity index (χ4n) is 8.54. The Morgan fingerprint density at radius 3 is 2.23 bits per heavy atom. The average Bonchev–Trinajstić information content (AvgIpc) is 4.06. The summed E-state index contributed by atoms with van der Waals surface area (Å²) in [6.07, 6.45) is 5.57. The lowest BCUT2D eigenvalue weighted by Crippen LogP contribution is -2.38. The second-order valence-corrected chi connectivity index (χ2v) is 15.5. The van der Waals surface area contributed by atoms with E-state index in [0.717, 1.165) is 55.7 Å². The molecular weight excluding hydrogens is 707 g/mol. The van der Waals surface area contributed by atoms with Gasteiger partial charge in [0.15, 0.2) is 5.84 Å². The topological polar surface area (TPSA) is 67.2 Å². The van der Waals surface area contributed by atoms with Gasteiger partial charge in [-0.15, -0.1) is 11.3 Å². The summed E-state index contributed by atoms with van der Waals surface area (Å²) in [5.74, 6) is 1.52. The van der Waals surface area contributed by atoms with Gasteiger partial charge in [-0.1, -0.05) is 103 Å². The fraction of sp³-hybridized carbons (Fsp3) is 0.0408. The van der Waals surface area contributed by atoms with Gasteiger partial charge in [-0.25, -0.2) is 9.98 Å². The molecule has 1 N–H and O–H groups in total. The summed E-state index contributed by atoms with van der Waals surface area (Å²) in [5, 5.41) is 10.8. The molecule has 0 amide bonds. The van der Waals surface area contributed by atoms with Gasteiger partial charge >= 0.3 is 0 Å². The number of hydrogen-bond acceptors (Lipinski definition) is 6. The first-order valence-electron chi connectivity index (χ1n) is 18.8. The quantitative estimate of drug-likeness (QED) is 0.191. The van der Waals surface area contributed by atoms with Gasteiger partial charge in [0.05, 0.1) is 11.0 Å². The molecule has 0 aliphatic carbocycles. The third-order valence-electron chi connectivity index (χ3n) is 11.1. The van der Waals surface area contributed by atoms with Crippen LogP contribution in [0.2, 0.25) is 0 Å². The van der Waals surface area contributed by atoms with E-state index in [1.807, 2.05) is 41.8 Å². The molecule has 0 saturated carbocycles. The van der Waals surface area contributed by atoms with Crippen molar-refractivity contribution in [3.63, 3.8) is 0 Å². The molecule has 12 rings (SSSR count). The minimum Gasteiger partial charge on any atom is -0.456 e. The molecule has 3 aromatic heterocycles. The van der Waals surface area contributed by atoms with Crippen molar-refractivity contribution in [2.45, 2.75) is 12.2 Å². The zero-order chi connectivity index (χ0) is 36.7. The van der Waals surface area contributed by atoms with Crippen LogP contribution in [0.5, 0.6) is 0 Å². The first-order valence-corrected chi connectivity index (χ1v) is 19.6. The van der Waals surface area contributed by atoms with E-state index in [-0.39, 0.29) is 12.2 Å². The number of nitrogens with zero attached hydrogens (tertiary/aromatic N) is 4. The van der Waals surface area contributed by atoms with Crippen LogP contribution in [0.1, 0.15) is 17.3 Å². The lowest BCUT2D eigenvalue weighted by molar-refractivity contribution is 0.662. The molecule has 2 unspecified atom stereocenters. The average molecular weight is 738 g/mol. The Kier molecular flexibility index (Phi) is 6.82. The largest absolute Gasteiger partial charge is 0.456 e. The van der Waals surface area contributed by atoms with E-state index in [2.05, 4.69) is 154 Å².